The molecule has 2 aromatic carbocycles. The van der Waals surface area contributed by atoms with E-state index in [4.69, 9.17) is 4.42 Å². The summed E-state index contributed by atoms with van der Waals surface area (Å²) in [6, 6.07) is 10.5. The van der Waals surface area contributed by atoms with Crippen molar-refractivity contribution in [2.45, 2.75) is 6.92 Å². The molecule has 0 fully saturated rings. The number of hydrogen-bond donors (Lipinski definition) is 0. The average Bonchev–Trinajstić information content (AvgIpc) is 3.32. The van der Waals surface area contributed by atoms with Crippen LogP contribution in [-0.4, -0.2) is 11.6 Å². The number of hydrazone groups is 1. The van der Waals surface area contributed by atoms with E-state index in [2.05, 4.69) is 21.0 Å². The number of halogens is 6. The summed E-state index contributed by atoms with van der Waals surface area (Å²) in [5.41, 5.74) is -0.808. The molecule has 0 bridgehead atoms. The van der Waals surface area contributed by atoms with Gasteiger partial charge in [-0.05, 0) is 37.3 Å². The van der Waals surface area contributed by atoms with Crippen LogP contribution < -0.4 is 5.01 Å². The molecule has 4 rings (SSSR count). The van der Waals surface area contributed by atoms with Gasteiger partial charge in [0.1, 0.15) is 17.2 Å². The van der Waals surface area contributed by atoms with Gasteiger partial charge in [0.05, 0.1) is 11.3 Å². The number of furan rings is 1. The van der Waals surface area contributed by atoms with Crippen molar-refractivity contribution in [2.75, 3.05) is 5.01 Å². The Hall–Kier alpha value is -3.27. The highest BCUT2D eigenvalue weighted by molar-refractivity contribution is 9.10. The van der Waals surface area contributed by atoms with Crippen LogP contribution in [0.1, 0.15) is 12.7 Å². The van der Waals surface area contributed by atoms with Gasteiger partial charge in [-0.1, -0.05) is 28.1 Å². The first-order chi connectivity index (χ1) is 14.7. The van der Waals surface area contributed by atoms with Gasteiger partial charge in [-0.2, -0.15) is 10.1 Å². The van der Waals surface area contributed by atoms with Crippen LogP contribution in [0.15, 0.2) is 56.0 Å². The molecule has 3 aromatic rings. The fraction of sp³-hybridized carbons (Fsp3) is 0.0476. The van der Waals surface area contributed by atoms with E-state index in [1.165, 1.54) is 13.0 Å². The smallest absolute Gasteiger partial charge is 0.280 e. The summed E-state index contributed by atoms with van der Waals surface area (Å²) >= 11 is 3.35. The Morgan fingerprint density at radius 2 is 1.61 bits per heavy atom. The monoisotopic (exact) mass is 496 g/mol. The van der Waals surface area contributed by atoms with Crippen molar-refractivity contribution < 1.29 is 31.2 Å². The number of carbonyl (C=O) groups excluding carboxylic acids is 1. The number of carbonyl (C=O) groups is 1. The molecule has 10 heteroatoms. The van der Waals surface area contributed by atoms with Gasteiger partial charge >= 0.3 is 0 Å². The summed E-state index contributed by atoms with van der Waals surface area (Å²) in [4.78, 5) is 12.7. The van der Waals surface area contributed by atoms with E-state index in [1.54, 1.807) is 24.3 Å². The number of nitrogens with zero attached hydrogens (tertiary/aromatic N) is 2. The quantitative estimate of drug-likeness (QED) is 0.187. The van der Waals surface area contributed by atoms with E-state index >= 15 is 0 Å². The van der Waals surface area contributed by atoms with Crippen molar-refractivity contribution in [1.29, 1.82) is 0 Å². The fourth-order valence-electron chi connectivity index (χ4n) is 2.98. The average molecular weight is 497 g/mol. The molecule has 158 valence electrons. The zero-order valence-corrected chi connectivity index (χ0v) is 17.1. The zero-order chi connectivity index (χ0) is 22.4. The first kappa shape index (κ1) is 21.0. The minimum absolute atomic E-state index is 0.00865. The highest BCUT2D eigenvalue weighted by Gasteiger charge is 2.37. The van der Waals surface area contributed by atoms with Crippen LogP contribution >= 0.6 is 15.9 Å². The molecule has 31 heavy (non-hydrogen) atoms. The number of amides is 1. The number of hydrogen-bond acceptors (Lipinski definition) is 3. The van der Waals surface area contributed by atoms with E-state index in [1.807, 2.05) is 12.1 Å². The Kier molecular flexibility index (Phi) is 5.26. The van der Waals surface area contributed by atoms with Crippen molar-refractivity contribution in [2.24, 2.45) is 5.10 Å². The van der Waals surface area contributed by atoms with E-state index in [0.29, 0.717) is 5.76 Å². The van der Waals surface area contributed by atoms with Crippen LogP contribution in [0.5, 0.6) is 0 Å². The second-order valence-electron chi connectivity index (χ2n) is 6.49. The molecule has 1 aromatic heterocycles. The first-order valence-corrected chi connectivity index (χ1v) is 9.47. The highest BCUT2D eigenvalue weighted by atomic mass is 79.9. The number of rotatable bonds is 3. The first-order valence-electron chi connectivity index (χ1n) is 8.68. The Morgan fingerprint density at radius 3 is 2.26 bits per heavy atom. The Labute approximate surface area is 180 Å². The zero-order valence-electron chi connectivity index (χ0n) is 15.5. The maximum atomic E-state index is 14.1. The molecule has 4 nitrogen and oxygen atoms in total. The predicted octanol–water partition coefficient (Wildman–Crippen LogP) is 6.21. The van der Waals surface area contributed by atoms with E-state index < -0.39 is 40.7 Å². The molecular formula is C21H10BrF5N2O2. The third-order valence-electron chi connectivity index (χ3n) is 4.48. The summed E-state index contributed by atoms with van der Waals surface area (Å²) in [6.45, 7) is 1.36. The van der Waals surface area contributed by atoms with Crippen LogP contribution in [-0.2, 0) is 4.79 Å². The molecule has 2 heterocycles. The molecule has 0 saturated heterocycles. The Bertz CT molecular complexity index is 1270. The van der Waals surface area contributed by atoms with Gasteiger partial charge in [0.25, 0.3) is 5.91 Å². The molecule has 1 amide bonds. The SMILES string of the molecule is CC1=NN(c2c(F)c(F)c(F)c(F)c2F)C(=O)/C1=C\c1ccc(-c2cccc(Br)c2)o1. The van der Waals surface area contributed by atoms with Gasteiger partial charge in [0.2, 0.25) is 5.82 Å². The molecule has 1 aliphatic heterocycles. The molecule has 0 radical (unpaired) electrons. The summed E-state index contributed by atoms with van der Waals surface area (Å²) < 4.78 is 75.1. The van der Waals surface area contributed by atoms with Gasteiger partial charge in [-0.25, -0.2) is 22.0 Å². The summed E-state index contributed by atoms with van der Waals surface area (Å²) in [5.74, 6) is -11.3. The molecule has 0 atom stereocenters. The van der Waals surface area contributed by atoms with Crippen LogP contribution in [0.2, 0.25) is 0 Å². The largest absolute Gasteiger partial charge is 0.457 e. The third-order valence-corrected chi connectivity index (χ3v) is 4.98. The third kappa shape index (κ3) is 3.56. The topological polar surface area (TPSA) is 45.8 Å². The second kappa shape index (κ2) is 7.77. The fourth-order valence-corrected chi connectivity index (χ4v) is 3.38. The van der Waals surface area contributed by atoms with Crippen LogP contribution in [0.4, 0.5) is 27.6 Å². The maximum absolute atomic E-state index is 14.1. The predicted molar refractivity (Wildman–Crippen MR) is 107 cm³/mol. The van der Waals surface area contributed by atoms with Gasteiger partial charge in [0.15, 0.2) is 23.3 Å². The summed E-state index contributed by atoms with van der Waals surface area (Å²) in [6.07, 6.45) is 1.27. The lowest BCUT2D eigenvalue weighted by atomic mass is 10.1. The van der Waals surface area contributed by atoms with Gasteiger partial charge < -0.3 is 4.42 Å². The maximum Gasteiger partial charge on any atom is 0.280 e. The van der Waals surface area contributed by atoms with E-state index in [9.17, 15) is 26.7 Å². The summed E-state index contributed by atoms with van der Waals surface area (Å²) in [7, 11) is 0. The van der Waals surface area contributed by atoms with Crippen molar-refractivity contribution in [3.8, 4) is 11.3 Å². The molecular weight excluding hydrogens is 487 g/mol. The minimum Gasteiger partial charge on any atom is -0.457 e. The second-order valence-corrected chi connectivity index (χ2v) is 7.41. The number of anilines is 1. The van der Waals surface area contributed by atoms with Crippen LogP contribution in [0, 0.1) is 29.1 Å². The normalized spacial score (nSPS) is 15.2. The number of benzene rings is 2. The van der Waals surface area contributed by atoms with Crippen molar-refractivity contribution in [3.05, 3.63) is 81.3 Å². The van der Waals surface area contributed by atoms with Gasteiger partial charge in [-0.15, -0.1) is 0 Å². The molecule has 0 aliphatic carbocycles. The van der Waals surface area contributed by atoms with Crippen molar-refractivity contribution in [3.63, 3.8) is 0 Å². The molecule has 0 saturated carbocycles. The lowest BCUT2D eigenvalue weighted by molar-refractivity contribution is -0.114. The molecule has 0 spiro atoms. The molecule has 0 unspecified atom stereocenters. The molecule has 1 aliphatic rings. The minimum atomic E-state index is -2.32. The van der Waals surface area contributed by atoms with E-state index in [-0.39, 0.29) is 22.1 Å². The van der Waals surface area contributed by atoms with Crippen molar-refractivity contribution >= 4 is 39.3 Å². The van der Waals surface area contributed by atoms with Crippen LogP contribution in [0.25, 0.3) is 17.4 Å². The van der Waals surface area contributed by atoms with Crippen molar-refractivity contribution in [1.82, 2.24) is 0 Å². The Balaban J connectivity index is 1.71. The van der Waals surface area contributed by atoms with Crippen LogP contribution in [0.3, 0.4) is 0 Å². The summed E-state index contributed by atoms with van der Waals surface area (Å²) in [5, 5.41) is 3.82. The lowest BCUT2D eigenvalue weighted by Crippen LogP contribution is -2.25. The van der Waals surface area contributed by atoms with E-state index in [0.717, 1.165) is 10.0 Å². The highest BCUT2D eigenvalue weighted by Crippen LogP contribution is 2.34. The lowest BCUT2D eigenvalue weighted by Gasteiger charge is -2.14. The Morgan fingerprint density at radius 1 is 0.968 bits per heavy atom. The standard InChI is InChI=1S/C21H10BrF5N2O2/c1-9-13(8-12-5-6-14(31-12)10-3-2-4-11(22)7-10)21(30)29(28-9)20-18(26)16(24)15(23)17(25)19(20)27/h2-8H,1H3/b13-8-. The van der Waals surface area contributed by atoms with Gasteiger partial charge in [-0.3, -0.25) is 4.79 Å². The molecule has 0 N–H and O–H groups in total. The van der Waals surface area contributed by atoms with Gasteiger partial charge in [0, 0.05) is 10.0 Å².